The van der Waals surface area contributed by atoms with Gasteiger partial charge in [0.05, 0.1) is 0 Å². The van der Waals surface area contributed by atoms with E-state index in [0.29, 0.717) is 0 Å². The fourth-order valence-electron chi connectivity index (χ4n) is 0.589. The summed E-state index contributed by atoms with van der Waals surface area (Å²) in [6.07, 6.45) is 0.432. The molecule has 1 aliphatic rings. The smallest absolute Gasteiger partial charge is 0.150 e. The summed E-state index contributed by atoms with van der Waals surface area (Å²) in [5.41, 5.74) is 0. The van der Waals surface area contributed by atoms with E-state index in [4.69, 9.17) is 0 Å². The number of hydrogen-bond acceptors (Lipinski definition) is 0. The SMILES string of the molecule is F[C@@H]1CC=C[C@@H]1F. The van der Waals surface area contributed by atoms with Gasteiger partial charge in [-0.05, 0) is 6.42 Å². The predicted octanol–water partition coefficient (Wildman–Crippen LogP) is 1.62. The van der Waals surface area contributed by atoms with Crippen LogP contribution in [0, 0.1) is 0 Å². The molecule has 0 fully saturated rings. The summed E-state index contributed by atoms with van der Waals surface area (Å²) >= 11 is 0. The van der Waals surface area contributed by atoms with Crippen LogP contribution in [-0.2, 0) is 0 Å². The standard InChI is InChI=1S/C5H6F2/c6-4-2-1-3-5(4)7/h1-2,4-5H,3H2/t4-,5+/m0/s1. The van der Waals surface area contributed by atoms with Gasteiger partial charge in [0.1, 0.15) is 12.3 Å². The zero-order chi connectivity index (χ0) is 5.28. The first-order valence-electron chi connectivity index (χ1n) is 2.25. The monoisotopic (exact) mass is 104 g/mol. The highest BCUT2D eigenvalue weighted by Gasteiger charge is 2.20. The zero-order valence-corrected chi connectivity index (χ0v) is 3.77. The Labute approximate surface area is 40.8 Å². The molecule has 40 valence electrons. The third-order valence-corrected chi connectivity index (χ3v) is 1.03. The Bertz CT molecular complexity index is 88.1. The van der Waals surface area contributed by atoms with Crippen molar-refractivity contribution in [1.82, 2.24) is 0 Å². The number of hydrogen-bond donors (Lipinski definition) is 0. The van der Waals surface area contributed by atoms with Crippen LogP contribution < -0.4 is 0 Å². The van der Waals surface area contributed by atoms with Gasteiger partial charge in [0, 0.05) is 0 Å². The van der Waals surface area contributed by atoms with Gasteiger partial charge in [-0.15, -0.1) is 0 Å². The second kappa shape index (κ2) is 1.60. The topological polar surface area (TPSA) is 0 Å². The maximum Gasteiger partial charge on any atom is 0.150 e. The molecular weight excluding hydrogens is 98.1 g/mol. The third-order valence-electron chi connectivity index (χ3n) is 1.03. The van der Waals surface area contributed by atoms with Gasteiger partial charge in [-0.3, -0.25) is 0 Å². The van der Waals surface area contributed by atoms with Gasteiger partial charge in [-0.25, -0.2) is 8.78 Å². The van der Waals surface area contributed by atoms with E-state index in [2.05, 4.69) is 0 Å². The Kier molecular flexibility index (Phi) is 1.09. The molecule has 0 amide bonds. The van der Waals surface area contributed by atoms with Crippen LogP contribution in [0.15, 0.2) is 12.2 Å². The third kappa shape index (κ3) is 0.787. The van der Waals surface area contributed by atoms with E-state index in [1.165, 1.54) is 12.2 Å². The van der Waals surface area contributed by atoms with Gasteiger partial charge in [0.15, 0.2) is 0 Å². The molecule has 1 aliphatic carbocycles. The quantitative estimate of drug-likeness (QED) is 0.410. The lowest BCUT2D eigenvalue weighted by atomic mass is 10.3. The molecule has 0 saturated heterocycles. The summed E-state index contributed by atoms with van der Waals surface area (Å²) in [6, 6.07) is 0. The molecule has 0 aromatic rings. The van der Waals surface area contributed by atoms with Gasteiger partial charge in [-0.2, -0.15) is 0 Å². The van der Waals surface area contributed by atoms with Gasteiger partial charge < -0.3 is 0 Å². The first-order valence-corrected chi connectivity index (χ1v) is 2.25. The van der Waals surface area contributed by atoms with Gasteiger partial charge in [0.25, 0.3) is 0 Å². The Morgan fingerprint density at radius 1 is 1.43 bits per heavy atom. The van der Waals surface area contributed by atoms with Crippen LogP contribution >= 0.6 is 0 Å². The lowest BCUT2D eigenvalue weighted by molar-refractivity contribution is 0.221. The summed E-state index contributed by atoms with van der Waals surface area (Å²) in [6.45, 7) is 0. The fraction of sp³-hybridized carbons (Fsp3) is 0.600. The summed E-state index contributed by atoms with van der Waals surface area (Å²) in [4.78, 5) is 0. The van der Waals surface area contributed by atoms with Crippen molar-refractivity contribution in [3.05, 3.63) is 12.2 Å². The lowest BCUT2D eigenvalue weighted by Gasteiger charge is -1.96. The number of rotatable bonds is 0. The van der Waals surface area contributed by atoms with E-state index in [-0.39, 0.29) is 6.42 Å². The van der Waals surface area contributed by atoms with Crippen molar-refractivity contribution in [2.75, 3.05) is 0 Å². The Hall–Kier alpha value is -0.400. The molecule has 0 aliphatic heterocycles. The first-order chi connectivity index (χ1) is 3.30. The molecule has 0 heterocycles. The highest BCUT2D eigenvalue weighted by molar-refractivity contribution is 5.02. The van der Waals surface area contributed by atoms with E-state index in [9.17, 15) is 8.78 Å². The van der Waals surface area contributed by atoms with Crippen molar-refractivity contribution in [3.63, 3.8) is 0 Å². The molecular formula is C5H6F2. The normalized spacial score (nSPS) is 39.7. The maximum absolute atomic E-state index is 11.9. The van der Waals surface area contributed by atoms with Crippen LogP contribution in [0.2, 0.25) is 0 Å². The molecule has 2 heteroatoms. The Balaban J connectivity index is 2.45. The second-order valence-corrected chi connectivity index (χ2v) is 1.62. The minimum Gasteiger partial charge on any atom is -0.244 e. The highest BCUT2D eigenvalue weighted by Crippen LogP contribution is 2.16. The highest BCUT2D eigenvalue weighted by atomic mass is 19.2. The summed E-state index contributed by atoms with van der Waals surface area (Å²) in [5, 5.41) is 0. The van der Waals surface area contributed by atoms with E-state index in [0.717, 1.165) is 0 Å². The molecule has 7 heavy (non-hydrogen) atoms. The van der Waals surface area contributed by atoms with Crippen LogP contribution in [0.3, 0.4) is 0 Å². The minimum absolute atomic E-state index is 0.251. The molecule has 0 N–H and O–H groups in total. The van der Waals surface area contributed by atoms with E-state index in [1.807, 2.05) is 0 Å². The van der Waals surface area contributed by atoms with Crippen molar-refractivity contribution in [3.8, 4) is 0 Å². The molecule has 0 radical (unpaired) electrons. The van der Waals surface area contributed by atoms with E-state index >= 15 is 0 Å². The molecule has 2 atom stereocenters. The second-order valence-electron chi connectivity index (χ2n) is 1.62. The predicted molar refractivity (Wildman–Crippen MR) is 23.5 cm³/mol. The van der Waals surface area contributed by atoms with E-state index < -0.39 is 12.3 Å². The molecule has 0 spiro atoms. The van der Waals surface area contributed by atoms with Crippen LogP contribution in [0.25, 0.3) is 0 Å². The minimum atomic E-state index is -1.33. The van der Waals surface area contributed by atoms with Gasteiger partial charge >= 0.3 is 0 Å². The molecule has 1 rings (SSSR count). The molecule has 0 aromatic heterocycles. The Morgan fingerprint density at radius 3 is 2.29 bits per heavy atom. The van der Waals surface area contributed by atoms with Crippen molar-refractivity contribution < 1.29 is 8.78 Å². The zero-order valence-electron chi connectivity index (χ0n) is 3.77. The van der Waals surface area contributed by atoms with Crippen LogP contribution in [-0.4, -0.2) is 12.3 Å². The average molecular weight is 104 g/mol. The number of alkyl halides is 2. The summed E-state index contributed by atoms with van der Waals surface area (Å²) < 4.78 is 23.7. The van der Waals surface area contributed by atoms with E-state index in [1.54, 1.807) is 0 Å². The molecule has 0 aromatic carbocycles. The number of allylic oxidation sites excluding steroid dienone is 2. The average Bonchev–Trinajstić information content (AvgIpc) is 1.91. The summed E-state index contributed by atoms with van der Waals surface area (Å²) in [5.74, 6) is 0. The fourth-order valence-corrected chi connectivity index (χ4v) is 0.589. The molecule has 0 saturated carbocycles. The maximum atomic E-state index is 11.9. The molecule has 0 bridgehead atoms. The summed E-state index contributed by atoms with van der Waals surface area (Å²) in [7, 11) is 0. The van der Waals surface area contributed by atoms with Crippen LogP contribution in [0.1, 0.15) is 6.42 Å². The van der Waals surface area contributed by atoms with Crippen molar-refractivity contribution >= 4 is 0 Å². The van der Waals surface area contributed by atoms with Crippen LogP contribution in [0.4, 0.5) is 8.78 Å². The Morgan fingerprint density at radius 2 is 2.14 bits per heavy atom. The molecule has 0 unspecified atom stereocenters. The van der Waals surface area contributed by atoms with Gasteiger partial charge in [0.2, 0.25) is 0 Å². The van der Waals surface area contributed by atoms with Gasteiger partial charge in [-0.1, -0.05) is 12.2 Å². The van der Waals surface area contributed by atoms with Crippen molar-refractivity contribution in [1.29, 1.82) is 0 Å². The lowest BCUT2D eigenvalue weighted by Crippen LogP contribution is -2.06. The van der Waals surface area contributed by atoms with Crippen molar-refractivity contribution in [2.45, 2.75) is 18.8 Å². The molecule has 0 nitrogen and oxygen atoms in total. The van der Waals surface area contributed by atoms with Crippen molar-refractivity contribution in [2.24, 2.45) is 0 Å². The largest absolute Gasteiger partial charge is 0.244 e. The first kappa shape index (κ1) is 4.75. The van der Waals surface area contributed by atoms with Crippen LogP contribution in [0.5, 0.6) is 0 Å². The number of halogens is 2.